The first-order valence-electron chi connectivity index (χ1n) is 6.29. The molecule has 0 spiro atoms. The number of rotatable bonds is 4. The van der Waals surface area contributed by atoms with Crippen molar-refractivity contribution in [2.75, 3.05) is 18.7 Å². The van der Waals surface area contributed by atoms with Crippen molar-refractivity contribution in [2.24, 2.45) is 0 Å². The summed E-state index contributed by atoms with van der Waals surface area (Å²) in [6.45, 7) is 1.41. The first-order chi connectivity index (χ1) is 10.6. The number of anilines is 1. The number of aromatic nitrogens is 2. The smallest absolute Gasteiger partial charge is 0.352 e. The zero-order chi connectivity index (χ0) is 15.5. The number of esters is 1. The SMILES string of the molecule is Cc1nnsc1C(=O)OCC(=O)Nc1ccc2c(c1)OCO2. The highest BCUT2D eigenvalue weighted by Crippen LogP contribution is 2.34. The van der Waals surface area contributed by atoms with E-state index in [1.54, 1.807) is 25.1 Å². The summed E-state index contributed by atoms with van der Waals surface area (Å²) in [6, 6.07) is 5.00. The van der Waals surface area contributed by atoms with E-state index in [1.807, 2.05) is 0 Å². The highest BCUT2D eigenvalue weighted by molar-refractivity contribution is 7.07. The monoisotopic (exact) mass is 321 g/mol. The lowest BCUT2D eigenvalue weighted by Crippen LogP contribution is -2.20. The molecule has 9 heteroatoms. The lowest BCUT2D eigenvalue weighted by Gasteiger charge is -2.06. The molecule has 0 atom stereocenters. The Morgan fingerprint density at radius 1 is 1.36 bits per heavy atom. The fourth-order valence-corrected chi connectivity index (χ4v) is 2.34. The molecule has 0 fully saturated rings. The van der Waals surface area contributed by atoms with Gasteiger partial charge in [0.05, 0.1) is 5.69 Å². The molecule has 1 aromatic heterocycles. The van der Waals surface area contributed by atoms with Crippen LogP contribution in [0.1, 0.15) is 15.4 Å². The summed E-state index contributed by atoms with van der Waals surface area (Å²) in [4.78, 5) is 23.8. The van der Waals surface area contributed by atoms with E-state index in [2.05, 4.69) is 14.9 Å². The van der Waals surface area contributed by atoms with Gasteiger partial charge in [0.1, 0.15) is 0 Å². The Labute approximate surface area is 129 Å². The van der Waals surface area contributed by atoms with Crippen molar-refractivity contribution < 1.29 is 23.8 Å². The molecule has 0 aliphatic carbocycles. The molecule has 2 heterocycles. The molecular weight excluding hydrogens is 310 g/mol. The number of nitrogens with zero attached hydrogens (tertiary/aromatic N) is 2. The summed E-state index contributed by atoms with van der Waals surface area (Å²) >= 11 is 0.929. The van der Waals surface area contributed by atoms with Gasteiger partial charge < -0.3 is 19.5 Å². The molecule has 8 nitrogen and oxygen atoms in total. The van der Waals surface area contributed by atoms with Gasteiger partial charge in [-0.3, -0.25) is 4.79 Å². The fraction of sp³-hybridized carbons (Fsp3) is 0.231. The molecule has 2 aromatic rings. The van der Waals surface area contributed by atoms with Crippen LogP contribution in [-0.2, 0) is 9.53 Å². The topological polar surface area (TPSA) is 99.6 Å². The van der Waals surface area contributed by atoms with Crippen LogP contribution < -0.4 is 14.8 Å². The van der Waals surface area contributed by atoms with E-state index in [1.165, 1.54) is 0 Å². The molecule has 114 valence electrons. The number of aryl methyl sites for hydroxylation is 1. The van der Waals surface area contributed by atoms with Crippen LogP contribution in [0.2, 0.25) is 0 Å². The average molecular weight is 321 g/mol. The van der Waals surface area contributed by atoms with Crippen LogP contribution in [0, 0.1) is 6.92 Å². The second-order valence-corrected chi connectivity index (χ2v) is 5.13. The lowest BCUT2D eigenvalue weighted by molar-refractivity contribution is -0.119. The van der Waals surface area contributed by atoms with Crippen LogP contribution in [0.5, 0.6) is 11.5 Å². The number of ether oxygens (including phenoxy) is 3. The highest BCUT2D eigenvalue weighted by Gasteiger charge is 2.17. The largest absolute Gasteiger partial charge is 0.454 e. The summed E-state index contributed by atoms with van der Waals surface area (Å²) in [6.07, 6.45) is 0. The molecule has 3 rings (SSSR count). The van der Waals surface area contributed by atoms with E-state index < -0.39 is 18.5 Å². The van der Waals surface area contributed by atoms with Crippen molar-refractivity contribution in [3.05, 3.63) is 28.8 Å². The van der Waals surface area contributed by atoms with E-state index >= 15 is 0 Å². The quantitative estimate of drug-likeness (QED) is 0.849. The van der Waals surface area contributed by atoms with E-state index in [4.69, 9.17) is 14.2 Å². The number of amides is 1. The Morgan fingerprint density at radius 2 is 2.18 bits per heavy atom. The van der Waals surface area contributed by atoms with Gasteiger partial charge in [-0.2, -0.15) is 0 Å². The standard InChI is InChI=1S/C13H11N3O5S/c1-7-12(22-16-15-7)13(18)19-5-11(17)14-8-2-3-9-10(4-8)21-6-20-9/h2-4H,5-6H2,1H3,(H,14,17). The Bertz CT molecular complexity index is 730. The summed E-state index contributed by atoms with van der Waals surface area (Å²) in [5.41, 5.74) is 1.01. The van der Waals surface area contributed by atoms with Crippen LogP contribution in [0.3, 0.4) is 0 Å². The number of hydrogen-bond donors (Lipinski definition) is 1. The van der Waals surface area contributed by atoms with Crippen LogP contribution in [0.15, 0.2) is 18.2 Å². The minimum atomic E-state index is -0.617. The van der Waals surface area contributed by atoms with Gasteiger partial charge in [0, 0.05) is 11.8 Å². The lowest BCUT2D eigenvalue weighted by atomic mass is 10.3. The van der Waals surface area contributed by atoms with Crippen molar-refractivity contribution in [2.45, 2.75) is 6.92 Å². The molecule has 0 radical (unpaired) electrons. The van der Waals surface area contributed by atoms with Gasteiger partial charge in [0.15, 0.2) is 23.0 Å². The summed E-state index contributed by atoms with van der Waals surface area (Å²) in [7, 11) is 0. The number of fused-ring (bicyclic) bond motifs is 1. The van der Waals surface area contributed by atoms with Gasteiger partial charge >= 0.3 is 5.97 Å². The summed E-state index contributed by atoms with van der Waals surface area (Å²) < 4.78 is 18.9. The van der Waals surface area contributed by atoms with Gasteiger partial charge in [-0.1, -0.05) is 4.49 Å². The molecule has 1 aliphatic rings. The maximum absolute atomic E-state index is 11.8. The van der Waals surface area contributed by atoms with E-state index in [9.17, 15) is 9.59 Å². The highest BCUT2D eigenvalue weighted by atomic mass is 32.1. The van der Waals surface area contributed by atoms with Crippen LogP contribution >= 0.6 is 11.5 Å². The average Bonchev–Trinajstić information content (AvgIpc) is 3.12. The molecule has 22 heavy (non-hydrogen) atoms. The third-order valence-corrected chi connectivity index (χ3v) is 3.64. The van der Waals surface area contributed by atoms with Gasteiger partial charge in [-0.15, -0.1) is 5.10 Å². The molecule has 0 unspecified atom stereocenters. The first-order valence-corrected chi connectivity index (χ1v) is 7.06. The third-order valence-electron chi connectivity index (χ3n) is 2.83. The van der Waals surface area contributed by atoms with Crippen LogP contribution in [-0.4, -0.2) is 34.9 Å². The minimum absolute atomic E-state index is 0.159. The van der Waals surface area contributed by atoms with E-state index in [0.29, 0.717) is 22.9 Å². The van der Waals surface area contributed by atoms with Crippen molar-refractivity contribution in [1.82, 2.24) is 9.59 Å². The molecule has 0 saturated carbocycles. The zero-order valence-corrected chi connectivity index (χ0v) is 12.3. The fourth-order valence-electron chi connectivity index (χ4n) is 1.79. The van der Waals surface area contributed by atoms with Crippen LogP contribution in [0.4, 0.5) is 5.69 Å². The Hall–Kier alpha value is -2.68. The summed E-state index contributed by atoms with van der Waals surface area (Å²) in [5.74, 6) is 0.106. The van der Waals surface area contributed by atoms with Crippen LogP contribution in [0.25, 0.3) is 0 Å². The number of carbonyl (C=O) groups is 2. The van der Waals surface area contributed by atoms with Gasteiger partial charge in [0.2, 0.25) is 6.79 Å². The molecule has 1 N–H and O–H groups in total. The second kappa shape index (κ2) is 5.98. The molecular formula is C13H11N3O5S. The van der Waals surface area contributed by atoms with Crippen molar-refractivity contribution >= 4 is 29.1 Å². The Balaban J connectivity index is 1.54. The van der Waals surface area contributed by atoms with Gasteiger partial charge in [0.25, 0.3) is 5.91 Å². The zero-order valence-electron chi connectivity index (χ0n) is 11.5. The maximum atomic E-state index is 11.8. The Kier molecular flexibility index (Phi) is 3.88. The van der Waals surface area contributed by atoms with E-state index in [0.717, 1.165) is 11.5 Å². The van der Waals surface area contributed by atoms with Crippen molar-refractivity contribution in [1.29, 1.82) is 0 Å². The molecule has 1 aliphatic heterocycles. The number of carbonyl (C=O) groups excluding carboxylic acids is 2. The van der Waals surface area contributed by atoms with E-state index in [-0.39, 0.29) is 11.7 Å². The third kappa shape index (κ3) is 2.98. The molecule has 1 amide bonds. The second-order valence-electron chi connectivity index (χ2n) is 4.38. The van der Waals surface area contributed by atoms with Gasteiger partial charge in [-0.25, -0.2) is 4.79 Å². The maximum Gasteiger partial charge on any atom is 0.352 e. The molecule has 0 saturated heterocycles. The van der Waals surface area contributed by atoms with Crippen molar-refractivity contribution in [3.8, 4) is 11.5 Å². The number of benzene rings is 1. The minimum Gasteiger partial charge on any atom is -0.454 e. The van der Waals surface area contributed by atoms with Gasteiger partial charge in [-0.05, 0) is 30.6 Å². The Morgan fingerprint density at radius 3 is 2.95 bits per heavy atom. The summed E-state index contributed by atoms with van der Waals surface area (Å²) in [5, 5.41) is 6.31. The number of hydrogen-bond acceptors (Lipinski definition) is 8. The molecule has 1 aromatic carbocycles. The van der Waals surface area contributed by atoms with Crippen molar-refractivity contribution in [3.63, 3.8) is 0 Å². The molecule has 0 bridgehead atoms. The predicted molar refractivity (Wildman–Crippen MR) is 76.1 cm³/mol. The number of nitrogens with one attached hydrogen (secondary N) is 1. The normalized spacial score (nSPS) is 12.0. The first kappa shape index (κ1) is 14.3. The predicted octanol–water partition coefficient (Wildman–Crippen LogP) is 1.37.